The summed E-state index contributed by atoms with van der Waals surface area (Å²) in [5, 5.41) is 9.95. The third-order valence-corrected chi connectivity index (χ3v) is 6.04. The van der Waals surface area contributed by atoms with Gasteiger partial charge in [0.1, 0.15) is 28.9 Å². The van der Waals surface area contributed by atoms with E-state index in [4.69, 9.17) is 19.9 Å². The standard InChI is InChI=1S/C28H29N3O4/c1-4-33-22-10-6-19(7-11-22)14-21-16-31(18(3)32)17-25-26(24(15-29)28(30)35-27(21)25)20-8-12-23(13-9-20)34-5-2/h6-14,26H,4-5,16-17,30H2,1-3H3/b21-14+. The molecule has 0 aliphatic carbocycles. The Morgan fingerprint density at radius 1 is 1.09 bits per heavy atom. The molecule has 180 valence electrons. The first kappa shape index (κ1) is 24.0. The zero-order valence-electron chi connectivity index (χ0n) is 20.2. The first-order valence-electron chi connectivity index (χ1n) is 11.7. The minimum absolute atomic E-state index is 0.0550. The van der Waals surface area contributed by atoms with Crippen LogP contribution in [-0.4, -0.2) is 37.1 Å². The summed E-state index contributed by atoms with van der Waals surface area (Å²) in [6, 6.07) is 17.6. The van der Waals surface area contributed by atoms with Crippen molar-refractivity contribution < 1.29 is 19.0 Å². The zero-order valence-corrected chi connectivity index (χ0v) is 20.2. The lowest BCUT2D eigenvalue weighted by molar-refractivity contribution is -0.128. The molecule has 0 aromatic heterocycles. The summed E-state index contributed by atoms with van der Waals surface area (Å²) in [6.45, 7) is 7.31. The molecule has 0 radical (unpaired) electrons. The van der Waals surface area contributed by atoms with Crippen LogP contribution in [0.25, 0.3) is 6.08 Å². The number of hydrogen-bond acceptors (Lipinski definition) is 6. The number of amides is 1. The molecular weight excluding hydrogens is 442 g/mol. The fourth-order valence-electron chi connectivity index (χ4n) is 4.42. The van der Waals surface area contributed by atoms with E-state index < -0.39 is 5.92 Å². The molecule has 4 rings (SSSR count). The second-order valence-electron chi connectivity index (χ2n) is 8.33. The van der Waals surface area contributed by atoms with Crippen LogP contribution >= 0.6 is 0 Å². The predicted molar refractivity (Wildman–Crippen MR) is 133 cm³/mol. The van der Waals surface area contributed by atoms with E-state index in [0.717, 1.165) is 33.8 Å². The SMILES string of the molecule is CCOc1ccc(/C=C2\CN(C(C)=O)CC3=C2OC(N)=C(C#N)C3c2ccc(OCC)cc2)cc1. The van der Waals surface area contributed by atoms with E-state index in [1.165, 1.54) is 0 Å². The van der Waals surface area contributed by atoms with Crippen LogP contribution < -0.4 is 15.2 Å². The fourth-order valence-corrected chi connectivity index (χ4v) is 4.42. The van der Waals surface area contributed by atoms with Crippen LogP contribution in [0.2, 0.25) is 0 Å². The summed E-state index contributed by atoms with van der Waals surface area (Å²) in [6.07, 6.45) is 1.99. The number of nitriles is 1. The second kappa shape index (κ2) is 10.4. The summed E-state index contributed by atoms with van der Waals surface area (Å²) in [5.41, 5.74) is 10.1. The van der Waals surface area contributed by atoms with Gasteiger partial charge in [0.05, 0.1) is 19.1 Å². The highest BCUT2D eigenvalue weighted by Gasteiger charge is 2.38. The Bertz CT molecular complexity index is 1230. The lowest BCUT2D eigenvalue weighted by Crippen LogP contribution is -2.40. The van der Waals surface area contributed by atoms with E-state index in [1.807, 2.05) is 68.5 Å². The van der Waals surface area contributed by atoms with Crippen molar-refractivity contribution in [1.82, 2.24) is 4.90 Å². The van der Waals surface area contributed by atoms with Crippen LogP contribution in [0.15, 0.2) is 76.9 Å². The molecule has 0 bridgehead atoms. The molecule has 35 heavy (non-hydrogen) atoms. The van der Waals surface area contributed by atoms with Gasteiger partial charge in [-0.3, -0.25) is 4.79 Å². The molecule has 2 aromatic rings. The third kappa shape index (κ3) is 5.02. The van der Waals surface area contributed by atoms with Crippen LogP contribution in [0.4, 0.5) is 0 Å². The average Bonchev–Trinajstić information content (AvgIpc) is 2.85. The van der Waals surface area contributed by atoms with Gasteiger partial charge in [-0.15, -0.1) is 0 Å². The van der Waals surface area contributed by atoms with E-state index in [1.54, 1.807) is 11.8 Å². The first-order chi connectivity index (χ1) is 16.9. The zero-order chi connectivity index (χ0) is 24.9. The van der Waals surface area contributed by atoms with Crippen molar-refractivity contribution in [3.63, 3.8) is 0 Å². The van der Waals surface area contributed by atoms with Crippen molar-refractivity contribution in [3.05, 3.63) is 88.0 Å². The quantitative estimate of drug-likeness (QED) is 0.667. The monoisotopic (exact) mass is 471 g/mol. The Hall–Kier alpha value is -4.18. The van der Waals surface area contributed by atoms with Gasteiger partial charge < -0.3 is 24.8 Å². The molecule has 2 aliphatic rings. The Labute approximate surface area is 205 Å². The molecule has 2 aliphatic heterocycles. The maximum Gasteiger partial charge on any atom is 0.220 e. The number of nitrogens with zero attached hydrogens (tertiary/aromatic N) is 2. The number of ether oxygens (including phenoxy) is 3. The van der Waals surface area contributed by atoms with E-state index in [9.17, 15) is 10.1 Å². The lowest BCUT2D eigenvalue weighted by Gasteiger charge is -2.38. The van der Waals surface area contributed by atoms with Gasteiger partial charge in [-0.1, -0.05) is 24.3 Å². The van der Waals surface area contributed by atoms with E-state index >= 15 is 0 Å². The Balaban J connectivity index is 1.81. The molecule has 0 saturated heterocycles. The normalized spacial score (nSPS) is 18.6. The number of carbonyl (C=O) groups is 1. The maximum absolute atomic E-state index is 12.5. The summed E-state index contributed by atoms with van der Waals surface area (Å²) in [7, 11) is 0. The lowest BCUT2D eigenvalue weighted by atomic mass is 9.80. The van der Waals surface area contributed by atoms with Gasteiger partial charge in [0.25, 0.3) is 0 Å². The smallest absolute Gasteiger partial charge is 0.220 e. The number of rotatable bonds is 6. The molecule has 0 fully saturated rings. The molecular formula is C28H29N3O4. The van der Waals surface area contributed by atoms with E-state index in [-0.39, 0.29) is 11.8 Å². The summed E-state index contributed by atoms with van der Waals surface area (Å²) in [5.74, 6) is 1.76. The van der Waals surface area contributed by atoms with Gasteiger partial charge in [-0.05, 0) is 55.3 Å². The van der Waals surface area contributed by atoms with Gasteiger partial charge >= 0.3 is 0 Å². The van der Waals surface area contributed by atoms with Gasteiger partial charge in [0, 0.05) is 31.2 Å². The van der Waals surface area contributed by atoms with E-state index in [0.29, 0.717) is 37.6 Å². The highest BCUT2D eigenvalue weighted by molar-refractivity contribution is 5.76. The summed E-state index contributed by atoms with van der Waals surface area (Å²) < 4.78 is 17.2. The van der Waals surface area contributed by atoms with Crippen LogP contribution in [-0.2, 0) is 9.53 Å². The second-order valence-corrected chi connectivity index (χ2v) is 8.33. The Morgan fingerprint density at radius 3 is 2.23 bits per heavy atom. The average molecular weight is 472 g/mol. The largest absolute Gasteiger partial charge is 0.494 e. The molecule has 0 spiro atoms. The predicted octanol–water partition coefficient (Wildman–Crippen LogP) is 4.49. The summed E-state index contributed by atoms with van der Waals surface area (Å²) in [4.78, 5) is 14.2. The Morgan fingerprint density at radius 2 is 1.69 bits per heavy atom. The molecule has 0 saturated carbocycles. The fraction of sp³-hybridized carbons (Fsp3) is 0.286. The van der Waals surface area contributed by atoms with Crippen molar-refractivity contribution >= 4 is 12.0 Å². The van der Waals surface area contributed by atoms with Crippen molar-refractivity contribution in [2.75, 3.05) is 26.3 Å². The van der Waals surface area contributed by atoms with E-state index in [2.05, 4.69) is 6.07 Å². The molecule has 1 amide bonds. The summed E-state index contributed by atoms with van der Waals surface area (Å²) >= 11 is 0. The minimum atomic E-state index is -0.426. The molecule has 7 nitrogen and oxygen atoms in total. The molecule has 7 heteroatoms. The number of allylic oxidation sites excluding steroid dienone is 1. The molecule has 1 unspecified atom stereocenters. The number of benzene rings is 2. The molecule has 2 aromatic carbocycles. The third-order valence-electron chi connectivity index (χ3n) is 6.04. The van der Waals surface area contributed by atoms with Crippen LogP contribution in [0.3, 0.4) is 0 Å². The van der Waals surface area contributed by atoms with Gasteiger partial charge in [0.15, 0.2) is 0 Å². The topological polar surface area (TPSA) is 97.8 Å². The first-order valence-corrected chi connectivity index (χ1v) is 11.7. The van der Waals surface area contributed by atoms with Gasteiger partial charge in [-0.25, -0.2) is 0 Å². The van der Waals surface area contributed by atoms with Crippen molar-refractivity contribution in [1.29, 1.82) is 5.26 Å². The number of carbonyl (C=O) groups excluding carboxylic acids is 1. The molecule has 2 N–H and O–H groups in total. The van der Waals surface area contributed by atoms with Crippen LogP contribution in [0.1, 0.15) is 37.8 Å². The van der Waals surface area contributed by atoms with Crippen molar-refractivity contribution in [2.24, 2.45) is 5.73 Å². The highest BCUT2D eigenvalue weighted by Crippen LogP contribution is 2.44. The van der Waals surface area contributed by atoms with Crippen molar-refractivity contribution in [3.8, 4) is 17.6 Å². The maximum atomic E-state index is 12.5. The van der Waals surface area contributed by atoms with Gasteiger partial charge in [0.2, 0.25) is 11.8 Å². The van der Waals surface area contributed by atoms with Crippen molar-refractivity contribution in [2.45, 2.75) is 26.7 Å². The number of nitrogens with two attached hydrogens (primary N) is 1. The van der Waals surface area contributed by atoms with Gasteiger partial charge in [-0.2, -0.15) is 5.26 Å². The molecule has 2 heterocycles. The van der Waals surface area contributed by atoms with Crippen LogP contribution in [0.5, 0.6) is 11.5 Å². The highest BCUT2D eigenvalue weighted by atomic mass is 16.5. The number of hydrogen-bond donors (Lipinski definition) is 1. The molecule has 1 atom stereocenters. The van der Waals surface area contributed by atoms with Crippen LogP contribution in [0, 0.1) is 11.3 Å². The Kier molecular flexibility index (Phi) is 7.11. The minimum Gasteiger partial charge on any atom is -0.494 e.